The summed E-state index contributed by atoms with van der Waals surface area (Å²) in [7, 11) is 0. The van der Waals surface area contributed by atoms with E-state index in [-0.39, 0.29) is 16.7 Å². The molecule has 0 saturated carbocycles. The molecule has 0 aliphatic rings. The minimum Gasteiger partial charge on any atom is -0.378 e. The number of nitro groups is 1. The Morgan fingerprint density at radius 1 is 1.15 bits per heavy atom. The fourth-order valence-corrected chi connectivity index (χ4v) is 2.18. The van der Waals surface area contributed by atoms with Crippen LogP contribution in [0.4, 0.5) is 11.4 Å². The van der Waals surface area contributed by atoms with Crippen molar-refractivity contribution in [1.82, 2.24) is 0 Å². The van der Waals surface area contributed by atoms with Crippen molar-refractivity contribution in [1.29, 1.82) is 0 Å². The summed E-state index contributed by atoms with van der Waals surface area (Å²) in [5.41, 5.74) is 4.33. The highest BCUT2D eigenvalue weighted by Gasteiger charge is 2.11. The molecule has 0 aliphatic heterocycles. The minimum atomic E-state index is -0.374. The van der Waals surface area contributed by atoms with Crippen LogP contribution in [0.5, 0.6) is 0 Å². The van der Waals surface area contributed by atoms with Gasteiger partial charge in [0.1, 0.15) is 0 Å². The lowest BCUT2D eigenvalue weighted by molar-refractivity contribution is -0.384. The molecule has 0 bridgehead atoms. The molecule has 0 aromatic heterocycles. The zero-order valence-electron chi connectivity index (χ0n) is 11.9. The molecule has 0 spiro atoms. The molecule has 0 fully saturated rings. The van der Waals surface area contributed by atoms with Gasteiger partial charge in [-0.1, -0.05) is 29.8 Å². The summed E-state index contributed by atoms with van der Waals surface area (Å²) in [5.74, 6) is 0. The third-order valence-electron chi connectivity index (χ3n) is 3.33. The number of rotatable bonds is 4. The molecule has 1 N–H and O–H groups in total. The van der Waals surface area contributed by atoms with Crippen molar-refractivity contribution in [2.24, 2.45) is 0 Å². The van der Waals surface area contributed by atoms with Gasteiger partial charge in [-0.25, -0.2) is 0 Å². The Hall–Kier alpha value is -2.36. The molecule has 0 saturated heterocycles. The highest BCUT2D eigenvalue weighted by molar-refractivity contribution is 5.56. The van der Waals surface area contributed by atoms with Crippen LogP contribution in [0.1, 0.15) is 29.7 Å². The van der Waals surface area contributed by atoms with E-state index < -0.39 is 0 Å². The highest BCUT2D eigenvalue weighted by Crippen LogP contribution is 2.25. The molecule has 0 radical (unpaired) electrons. The first kappa shape index (κ1) is 14.1. The van der Waals surface area contributed by atoms with E-state index in [1.807, 2.05) is 13.0 Å². The summed E-state index contributed by atoms with van der Waals surface area (Å²) in [6.45, 7) is 6.02. The molecule has 4 nitrogen and oxygen atoms in total. The summed E-state index contributed by atoms with van der Waals surface area (Å²) in [4.78, 5) is 10.4. The van der Waals surface area contributed by atoms with E-state index in [2.05, 4.69) is 37.4 Å². The second kappa shape index (κ2) is 5.74. The molecule has 4 heteroatoms. The first-order chi connectivity index (χ1) is 9.47. The molecule has 2 aromatic carbocycles. The Morgan fingerprint density at radius 2 is 1.90 bits per heavy atom. The summed E-state index contributed by atoms with van der Waals surface area (Å²) in [5, 5.41) is 14.1. The van der Waals surface area contributed by atoms with Crippen molar-refractivity contribution >= 4 is 11.4 Å². The smallest absolute Gasteiger partial charge is 0.269 e. The standard InChI is InChI=1S/C16H18N2O2/c1-11-5-4-6-14(9-11)13(3)17-16-8-7-15(18(19)20)10-12(16)2/h4-10,13,17H,1-3H3. The average Bonchev–Trinajstić information content (AvgIpc) is 2.40. The van der Waals surface area contributed by atoms with E-state index in [1.54, 1.807) is 12.1 Å². The van der Waals surface area contributed by atoms with Crippen LogP contribution in [-0.4, -0.2) is 4.92 Å². The van der Waals surface area contributed by atoms with E-state index in [9.17, 15) is 10.1 Å². The minimum absolute atomic E-state index is 0.122. The Labute approximate surface area is 118 Å². The third-order valence-corrected chi connectivity index (χ3v) is 3.33. The highest BCUT2D eigenvalue weighted by atomic mass is 16.6. The van der Waals surface area contributed by atoms with Gasteiger partial charge in [-0.2, -0.15) is 0 Å². The van der Waals surface area contributed by atoms with Crippen molar-refractivity contribution in [3.63, 3.8) is 0 Å². The van der Waals surface area contributed by atoms with Crippen LogP contribution >= 0.6 is 0 Å². The van der Waals surface area contributed by atoms with Crippen LogP contribution in [0.3, 0.4) is 0 Å². The van der Waals surface area contributed by atoms with Gasteiger partial charge in [0, 0.05) is 23.9 Å². The molecular weight excluding hydrogens is 252 g/mol. The van der Waals surface area contributed by atoms with Crippen molar-refractivity contribution in [2.75, 3.05) is 5.32 Å². The third kappa shape index (κ3) is 3.15. The molecular formula is C16H18N2O2. The molecule has 2 aromatic rings. The molecule has 0 aliphatic carbocycles. The number of hydrogen-bond donors (Lipinski definition) is 1. The number of nitrogens with zero attached hydrogens (tertiary/aromatic N) is 1. The molecule has 2 rings (SSSR count). The van der Waals surface area contributed by atoms with Crippen molar-refractivity contribution in [3.8, 4) is 0 Å². The number of hydrogen-bond acceptors (Lipinski definition) is 3. The Bertz CT molecular complexity index is 638. The number of non-ortho nitro benzene ring substituents is 1. The number of benzene rings is 2. The SMILES string of the molecule is Cc1cccc(C(C)Nc2ccc([N+](=O)[O-])cc2C)c1. The van der Waals surface area contributed by atoms with Gasteiger partial charge in [-0.05, 0) is 38.0 Å². The van der Waals surface area contributed by atoms with E-state index in [0.29, 0.717) is 0 Å². The predicted molar refractivity (Wildman–Crippen MR) is 81.1 cm³/mol. The van der Waals surface area contributed by atoms with Crippen LogP contribution in [0.2, 0.25) is 0 Å². The normalized spacial score (nSPS) is 11.9. The first-order valence-corrected chi connectivity index (χ1v) is 6.55. The van der Waals surface area contributed by atoms with Gasteiger partial charge in [-0.15, -0.1) is 0 Å². The maximum absolute atomic E-state index is 10.7. The number of anilines is 1. The molecule has 104 valence electrons. The summed E-state index contributed by atoms with van der Waals surface area (Å²) in [6.07, 6.45) is 0. The van der Waals surface area contributed by atoms with Gasteiger partial charge in [0.25, 0.3) is 5.69 Å². The summed E-state index contributed by atoms with van der Waals surface area (Å²) < 4.78 is 0. The lowest BCUT2D eigenvalue weighted by Gasteiger charge is -2.17. The largest absolute Gasteiger partial charge is 0.378 e. The summed E-state index contributed by atoms with van der Waals surface area (Å²) in [6, 6.07) is 13.3. The van der Waals surface area contributed by atoms with Gasteiger partial charge < -0.3 is 5.32 Å². The predicted octanol–water partition coefficient (Wildman–Crippen LogP) is 4.38. The average molecular weight is 270 g/mol. The van der Waals surface area contributed by atoms with Crippen LogP contribution in [0.15, 0.2) is 42.5 Å². The first-order valence-electron chi connectivity index (χ1n) is 6.55. The second-order valence-electron chi connectivity index (χ2n) is 5.04. The Kier molecular flexibility index (Phi) is 4.03. The quantitative estimate of drug-likeness (QED) is 0.662. The molecule has 1 unspecified atom stereocenters. The lowest BCUT2D eigenvalue weighted by atomic mass is 10.0. The molecule has 20 heavy (non-hydrogen) atoms. The van der Waals surface area contributed by atoms with Crippen molar-refractivity contribution < 1.29 is 4.92 Å². The topological polar surface area (TPSA) is 55.2 Å². The van der Waals surface area contributed by atoms with E-state index >= 15 is 0 Å². The van der Waals surface area contributed by atoms with E-state index in [1.165, 1.54) is 17.2 Å². The van der Waals surface area contributed by atoms with Crippen molar-refractivity contribution in [3.05, 3.63) is 69.3 Å². The zero-order chi connectivity index (χ0) is 14.7. The van der Waals surface area contributed by atoms with Gasteiger partial charge in [0.15, 0.2) is 0 Å². The van der Waals surface area contributed by atoms with Gasteiger partial charge in [0.2, 0.25) is 0 Å². The lowest BCUT2D eigenvalue weighted by Crippen LogP contribution is -2.08. The van der Waals surface area contributed by atoms with Crippen LogP contribution in [0, 0.1) is 24.0 Å². The van der Waals surface area contributed by atoms with E-state index in [4.69, 9.17) is 0 Å². The monoisotopic (exact) mass is 270 g/mol. The van der Waals surface area contributed by atoms with Gasteiger partial charge in [0.05, 0.1) is 4.92 Å². The van der Waals surface area contributed by atoms with Gasteiger partial charge in [-0.3, -0.25) is 10.1 Å². The van der Waals surface area contributed by atoms with Crippen LogP contribution < -0.4 is 5.32 Å². The fraction of sp³-hybridized carbons (Fsp3) is 0.250. The second-order valence-corrected chi connectivity index (χ2v) is 5.04. The van der Waals surface area contributed by atoms with Crippen LogP contribution in [-0.2, 0) is 0 Å². The van der Waals surface area contributed by atoms with Crippen molar-refractivity contribution in [2.45, 2.75) is 26.8 Å². The number of nitrogens with one attached hydrogen (secondary N) is 1. The number of nitro benzene ring substituents is 1. The van der Waals surface area contributed by atoms with Gasteiger partial charge >= 0.3 is 0 Å². The zero-order valence-corrected chi connectivity index (χ0v) is 11.9. The Balaban J connectivity index is 2.19. The maximum Gasteiger partial charge on any atom is 0.269 e. The van der Waals surface area contributed by atoms with E-state index in [0.717, 1.165) is 11.3 Å². The molecule has 1 atom stereocenters. The fourth-order valence-electron chi connectivity index (χ4n) is 2.18. The summed E-state index contributed by atoms with van der Waals surface area (Å²) >= 11 is 0. The van der Waals surface area contributed by atoms with Crippen LogP contribution in [0.25, 0.3) is 0 Å². The Morgan fingerprint density at radius 3 is 2.50 bits per heavy atom. The molecule has 0 amide bonds. The molecule has 0 heterocycles. The number of aryl methyl sites for hydroxylation is 2. The maximum atomic E-state index is 10.7.